The molecule has 1 aromatic rings. The van der Waals surface area contributed by atoms with Crippen LogP contribution in [0, 0.1) is 6.92 Å². The molecule has 1 aliphatic heterocycles. The maximum absolute atomic E-state index is 12.6. The average Bonchev–Trinajstić information content (AvgIpc) is 2.79. The van der Waals surface area contributed by atoms with Gasteiger partial charge in [0.2, 0.25) is 0 Å². The van der Waals surface area contributed by atoms with Crippen LogP contribution >= 0.6 is 0 Å². The molecule has 0 aromatic carbocycles. The maximum atomic E-state index is 12.6. The van der Waals surface area contributed by atoms with Gasteiger partial charge in [-0.3, -0.25) is 4.79 Å². The number of hydrogen-bond acceptors (Lipinski definition) is 4. The van der Waals surface area contributed by atoms with Crippen molar-refractivity contribution in [2.24, 2.45) is 0 Å². The predicted molar refractivity (Wildman–Crippen MR) is 89.2 cm³/mol. The average molecular weight is 304 g/mol. The van der Waals surface area contributed by atoms with Crippen LogP contribution in [0.2, 0.25) is 0 Å². The summed E-state index contributed by atoms with van der Waals surface area (Å²) < 4.78 is 0. The third-order valence-electron chi connectivity index (χ3n) is 4.04. The standard InChI is InChI=1S/C17H28N4O/c1-3-4-7-10-18-16-13-15(19-14(2)20-16)17(22)21-11-8-5-6-9-12-21/h13H,3-12H2,1-2H3,(H,18,19,20). The van der Waals surface area contributed by atoms with Crippen LogP contribution in [0.15, 0.2) is 6.07 Å². The number of hydrogen-bond donors (Lipinski definition) is 1. The molecule has 0 saturated carbocycles. The number of nitrogens with one attached hydrogen (secondary N) is 1. The summed E-state index contributed by atoms with van der Waals surface area (Å²) in [6.07, 6.45) is 8.15. The van der Waals surface area contributed by atoms with E-state index in [4.69, 9.17) is 0 Å². The van der Waals surface area contributed by atoms with Crippen LogP contribution in [-0.4, -0.2) is 40.4 Å². The van der Waals surface area contributed by atoms with E-state index in [2.05, 4.69) is 22.2 Å². The fourth-order valence-electron chi connectivity index (χ4n) is 2.80. The minimum Gasteiger partial charge on any atom is -0.370 e. The zero-order valence-corrected chi connectivity index (χ0v) is 13.9. The van der Waals surface area contributed by atoms with Gasteiger partial charge < -0.3 is 10.2 Å². The van der Waals surface area contributed by atoms with Crippen molar-refractivity contribution < 1.29 is 4.79 Å². The van der Waals surface area contributed by atoms with Crippen LogP contribution in [0.5, 0.6) is 0 Å². The molecular weight excluding hydrogens is 276 g/mol. The summed E-state index contributed by atoms with van der Waals surface area (Å²) in [5, 5.41) is 3.31. The summed E-state index contributed by atoms with van der Waals surface area (Å²) in [4.78, 5) is 23.3. The number of likely N-dealkylation sites (tertiary alicyclic amines) is 1. The molecule has 122 valence electrons. The van der Waals surface area contributed by atoms with Crippen LogP contribution in [0.4, 0.5) is 5.82 Å². The lowest BCUT2D eigenvalue weighted by atomic mass is 10.2. The normalized spacial score (nSPS) is 15.5. The molecule has 5 heteroatoms. The molecule has 0 radical (unpaired) electrons. The van der Waals surface area contributed by atoms with Gasteiger partial charge in [0.1, 0.15) is 17.3 Å². The van der Waals surface area contributed by atoms with Crippen LogP contribution < -0.4 is 5.32 Å². The van der Waals surface area contributed by atoms with Crippen molar-refractivity contribution in [3.05, 3.63) is 17.6 Å². The second-order valence-electron chi connectivity index (χ2n) is 6.03. The van der Waals surface area contributed by atoms with Crippen LogP contribution in [0.1, 0.15) is 68.2 Å². The highest BCUT2D eigenvalue weighted by Crippen LogP contribution is 2.14. The summed E-state index contributed by atoms with van der Waals surface area (Å²) in [5.74, 6) is 1.46. The molecule has 1 N–H and O–H groups in total. The Morgan fingerprint density at radius 2 is 1.91 bits per heavy atom. The van der Waals surface area contributed by atoms with Crippen molar-refractivity contribution in [3.63, 3.8) is 0 Å². The third-order valence-corrected chi connectivity index (χ3v) is 4.04. The molecule has 2 heterocycles. The van der Waals surface area contributed by atoms with Gasteiger partial charge in [-0.2, -0.15) is 0 Å². The molecule has 0 atom stereocenters. The van der Waals surface area contributed by atoms with Crippen LogP contribution in [0.25, 0.3) is 0 Å². The number of aryl methyl sites for hydroxylation is 1. The lowest BCUT2D eigenvalue weighted by Gasteiger charge is -2.20. The third kappa shape index (κ3) is 4.97. The first-order valence-corrected chi connectivity index (χ1v) is 8.59. The number of amides is 1. The van der Waals surface area contributed by atoms with E-state index in [9.17, 15) is 4.79 Å². The molecule has 1 amide bonds. The summed E-state index contributed by atoms with van der Waals surface area (Å²) in [6, 6.07) is 1.80. The molecule has 2 rings (SSSR count). The van der Waals surface area contributed by atoms with Gasteiger partial charge in [-0.25, -0.2) is 9.97 Å². The topological polar surface area (TPSA) is 58.1 Å². The van der Waals surface area contributed by atoms with Crippen molar-refractivity contribution in [3.8, 4) is 0 Å². The van der Waals surface area contributed by atoms with E-state index in [1.807, 2.05) is 11.8 Å². The fourth-order valence-corrected chi connectivity index (χ4v) is 2.80. The van der Waals surface area contributed by atoms with E-state index in [0.717, 1.165) is 44.7 Å². The maximum Gasteiger partial charge on any atom is 0.272 e. The van der Waals surface area contributed by atoms with Gasteiger partial charge in [-0.1, -0.05) is 32.6 Å². The van der Waals surface area contributed by atoms with Gasteiger partial charge in [-0.05, 0) is 26.2 Å². The molecule has 0 spiro atoms. The number of nitrogens with zero attached hydrogens (tertiary/aromatic N) is 3. The molecule has 1 fully saturated rings. The summed E-state index contributed by atoms with van der Waals surface area (Å²) in [6.45, 7) is 6.62. The van der Waals surface area contributed by atoms with E-state index >= 15 is 0 Å². The first-order chi connectivity index (χ1) is 10.7. The number of unbranched alkanes of at least 4 members (excludes halogenated alkanes) is 2. The number of carbonyl (C=O) groups is 1. The van der Waals surface area contributed by atoms with E-state index in [0.29, 0.717) is 11.5 Å². The Bertz CT molecular complexity index is 482. The van der Waals surface area contributed by atoms with Gasteiger partial charge in [-0.15, -0.1) is 0 Å². The summed E-state index contributed by atoms with van der Waals surface area (Å²) in [7, 11) is 0. The quantitative estimate of drug-likeness (QED) is 0.818. The molecule has 1 aromatic heterocycles. The number of aromatic nitrogens is 2. The second kappa shape index (κ2) is 8.71. The van der Waals surface area contributed by atoms with Crippen LogP contribution in [0.3, 0.4) is 0 Å². The highest BCUT2D eigenvalue weighted by atomic mass is 16.2. The van der Waals surface area contributed by atoms with E-state index < -0.39 is 0 Å². The highest BCUT2D eigenvalue weighted by molar-refractivity contribution is 5.93. The second-order valence-corrected chi connectivity index (χ2v) is 6.03. The SMILES string of the molecule is CCCCCNc1cc(C(=O)N2CCCCCC2)nc(C)n1. The van der Waals surface area contributed by atoms with E-state index in [-0.39, 0.29) is 5.91 Å². The first-order valence-electron chi connectivity index (χ1n) is 8.59. The van der Waals surface area contributed by atoms with Crippen molar-refractivity contribution in [1.82, 2.24) is 14.9 Å². The van der Waals surface area contributed by atoms with Crippen molar-refractivity contribution >= 4 is 11.7 Å². The van der Waals surface area contributed by atoms with Crippen molar-refractivity contribution in [2.45, 2.75) is 58.8 Å². The molecule has 22 heavy (non-hydrogen) atoms. The minimum atomic E-state index is 0.0454. The van der Waals surface area contributed by atoms with Gasteiger partial charge in [0.05, 0.1) is 0 Å². The minimum absolute atomic E-state index is 0.0454. The predicted octanol–water partition coefficient (Wildman–Crippen LogP) is 3.40. The fraction of sp³-hybridized carbons (Fsp3) is 0.706. The number of anilines is 1. The Hall–Kier alpha value is -1.65. The summed E-state index contributed by atoms with van der Waals surface area (Å²) in [5.41, 5.74) is 0.521. The van der Waals surface area contributed by atoms with Gasteiger partial charge in [0.15, 0.2) is 0 Å². The molecule has 1 saturated heterocycles. The lowest BCUT2D eigenvalue weighted by Crippen LogP contribution is -2.32. The Kier molecular flexibility index (Phi) is 6.62. The molecular formula is C17H28N4O. The molecule has 5 nitrogen and oxygen atoms in total. The highest BCUT2D eigenvalue weighted by Gasteiger charge is 2.19. The zero-order valence-electron chi connectivity index (χ0n) is 13.9. The smallest absolute Gasteiger partial charge is 0.272 e. The van der Waals surface area contributed by atoms with Crippen LogP contribution in [-0.2, 0) is 0 Å². The van der Waals surface area contributed by atoms with Gasteiger partial charge in [0, 0.05) is 25.7 Å². The molecule has 0 bridgehead atoms. The Balaban J connectivity index is 2.02. The Labute approximate surface area is 133 Å². The van der Waals surface area contributed by atoms with Crippen molar-refractivity contribution in [1.29, 1.82) is 0 Å². The number of rotatable bonds is 6. The van der Waals surface area contributed by atoms with E-state index in [1.54, 1.807) is 6.07 Å². The zero-order chi connectivity index (χ0) is 15.8. The summed E-state index contributed by atoms with van der Waals surface area (Å²) >= 11 is 0. The molecule has 0 unspecified atom stereocenters. The lowest BCUT2D eigenvalue weighted by molar-refractivity contribution is 0.0755. The first kappa shape index (κ1) is 16.7. The largest absolute Gasteiger partial charge is 0.370 e. The van der Waals surface area contributed by atoms with Gasteiger partial charge >= 0.3 is 0 Å². The number of carbonyl (C=O) groups excluding carboxylic acids is 1. The molecule has 0 aliphatic carbocycles. The molecule has 1 aliphatic rings. The van der Waals surface area contributed by atoms with Gasteiger partial charge in [0.25, 0.3) is 5.91 Å². The Morgan fingerprint density at radius 1 is 1.18 bits per heavy atom. The monoisotopic (exact) mass is 304 g/mol. The van der Waals surface area contributed by atoms with E-state index in [1.165, 1.54) is 25.7 Å². The Morgan fingerprint density at radius 3 is 2.59 bits per heavy atom. The van der Waals surface area contributed by atoms with Crippen molar-refractivity contribution in [2.75, 3.05) is 25.0 Å².